The first kappa shape index (κ1) is 14.7. The van der Waals surface area contributed by atoms with E-state index in [0.717, 1.165) is 25.2 Å². The van der Waals surface area contributed by atoms with E-state index in [0.29, 0.717) is 18.3 Å². The summed E-state index contributed by atoms with van der Waals surface area (Å²) in [7, 11) is 0. The van der Waals surface area contributed by atoms with E-state index in [1.807, 2.05) is 17.3 Å². The molecule has 0 aromatic carbocycles. The van der Waals surface area contributed by atoms with E-state index in [4.69, 9.17) is 0 Å². The van der Waals surface area contributed by atoms with Gasteiger partial charge in [0.2, 0.25) is 0 Å². The van der Waals surface area contributed by atoms with E-state index in [-0.39, 0.29) is 11.8 Å². The fourth-order valence-corrected chi connectivity index (χ4v) is 3.02. The van der Waals surface area contributed by atoms with Gasteiger partial charge in [-0.2, -0.15) is 0 Å². The lowest BCUT2D eigenvalue weighted by Crippen LogP contribution is -2.40. The third-order valence-electron chi connectivity index (χ3n) is 4.11. The van der Waals surface area contributed by atoms with Crippen LogP contribution in [0.1, 0.15) is 55.0 Å². The smallest absolute Gasteiger partial charge is 0.274 e. The maximum absolute atomic E-state index is 12.5. The zero-order valence-corrected chi connectivity index (χ0v) is 13.0. The number of nitrogens with zero attached hydrogens (tertiary/aromatic N) is 5. The average Bonchev–Trinajstić information content (AvgIpc) is 3.05. The van der Waals surface area contributed by atoms with Crippen molar-refractivity contribution in [2.75, 3.05) is 13.1 Å². The van der Waals surface area contributed by atoms with Crippen LogP contribution < -0.4 is 0 Å². The third kappa shape index (κ3) is 2.86. The molecule has 1 aliphatic heterocycles. The Morgan fingerprint density at radius 1 is 1.27 bits per heavy atom. The van der Waals surface area contributed by atoms with Gasteiger partial charge in [-0.05, 0) is 26.7 Å². The van der Waals surface area contributed by atoms with Gasteiger partial charge in [-0.15, -0.1) is 0 Å². The largest absolute Gasteiger partial charge is 0.337 e. The number of carbonyl (C=O) groups excluding carboxylic acids is 1. The van der Waals surface area contributed by atoms with Gasteiger partial charge in [0.05, 0.1) is 6.20 Å². The minimum Gasteiger partial charge on any atom is -0.337 e. The summed E-state index contributed by atoms with van der Waals surface area (Å²) in [6.07, 6.45) is 10.6. The number of likely N-dealkylation sites (tertiary alicyclic amines) is 1. The molecular formula is C16H21N5O. The summed E-state index contributed by atoms with van der Waals surface area (Å²) in [6, 6.07) is 0.378. The molecule has 1 aliphatic rings. The fourth-order valence-electron chi connectivity index (χ4n) is 3.02. The summed E-state index contributed by atoms with van der Waals surface area (Å²) >= 11 is 0. The molecule has 3 heterocycles. The van der Waals surface area contributed by atoms with Crippen molar-refractivity contribution in [3.05, 3.63) is 42.5 Å². The van der Waals surface area contributed by atoms with Crippen molar-refractivity contribution in [1.82, 2.24) is 24.4 Å². The van der Waals surface area contributed by atoms with Crippen LogP contribution in [0.15, 0.2) is 31.0 Å². The standard InChI is InChI=1S/C16H21N5O/c1-12(2)21-9-7-19-15(21)13-4-3-8-20(11-13)16(22)14-10-17-5-6-18-14/h5-7,9-10,12-13H,3-4,8,11H2,1-2H3/t13-/m1/s1. The van der Waals surface area contributed by atoms with Crippen LogP contribution in [0.2, 0.25) is 0 Å². The SMILES string of the molecule is CC(C)n1ccnc1[C@@H]1CCCN(C(=O)c2cnccn2)C1. The minimum atomic E-state index is -0.0412. The quantitative estimate of drug-likeness (QED) is 0.872. The molecule has 1 saturated heterocycles. The highest BCUT2D eigenvalue weighted by Crippen LogP contribution is 2.28. The number of rotatable bonds is 3. The molecular weight excluding hydrogens is 278 g/mol. The fraction of sp³-hybridized carbons (Fsp3) is 0.500. The Balaban J connectivity index is 1.77. The molecule has 1 amide bonds. The van der Waals surface area contributed by atoms with Gasteiger partial charge in [0.1, 0.15) is 11.5 Å². The van der Waals surface area contributed by atoms with Crippen LogP contribution in [0.4, 0.5) is 0 Å². The molecule has 6 heteroatoms. The highest BCUT2D eigenvalue weighted by Gasteiger charge is 2.28. The van der Waals surface area contributed by atoms with Gasteiger partial charge >= 0.3 is 0 Å². The second-order valence-electron chi connectivity index (χ2n) is 5.97. The van der Waals surface area contributed by atoms with Crippen LogP contribution in [0, 0.1) is 0 Å². The van der Waals surface area contributed by atoms with Crippen molar-refractivity contribution >= 4 is 5.91 Å². The van der Waals surface area contributed by atoms with E-state index in [1.54, 1.807) is 12.4 Å². The van der Waals surface area contributed by atoms with Crippen LogP contribution in [-0.2, 0) is 0 Å². The first-order chi connectivity index (χ1) is 10.7. The molecule has 2 aromatic heterocycles. The van der Waals surface area contributed by atoms with Crippen molar-refractivity contribution in [2.24, 2.45) is 0 Å². The number of hydrogen-bond acceptors (Lipinski definition) is 4. The normalized spacial score (nSPS) is 18.7. The number of amides is 1. The van der Waals surface area contributed by atoms with Gasteiger partial charge in [-0.1, -0.05) is 0 Å². The summed E-state index contributed by atoms with van der Waals surface area (Å²) in [5.41, 5.74) is 0.412. The predicted molar refractivity (Wildman–Crippen MR) is 82.5 cm³/mol. The molecule has 116 valence electrons. The molecule has 6 nitrogen and oxygen atoms in total. The maximum Gasteiger partial charge on any atom is 0.274 e. The number of aromatic nitrogens is 4. The number of hydrogen-bond donors (Lipinski definition) is 0. The van der Waals surface area contributed by atoms with Crippen molar-refractivity contribution in [2.45, 2.75) is 38.6 Å². The molecule has 0 spiro atoms. The number of piperidine rings is 1. The van der Waals surface area contributed by atoms with Crippen LogP contribution in [0.3, 0.4) is 0 Å². The van der Waals surface area contributed by atoms with E-state index < -0.39 is 0 Å². The maximum atomic E-state index is 12.5. The molecule has 0 unspecified atom stereocenters. The van der Waals surface area contributed by atoms with Gasteiger partial charge in [0.25, 0.3) is 5.91 Å². The predicted octanol–water partition coefficient (Wildman–Crippen LogP) is 2.27. The lowest BCUT2D eigenvalue weighted by molar-refractivity contribution is 0.0696. The average molecular weight is 299 g/mol. The molecule has 3 rings (SSSR count). The van der Waals surface area contributed by atoms with Crippen LogP contribution >= 0.6 is 0 Å². The summed E-state index contributed by atoms with van der Waals surface area (Å²) in [6.45, 7) is 5.76. The van der Waals surface area contributed by atoms with Crippen molar-refractivity contribution in [3.8, 4) is 0 Å². The Labute approximate surface area is 130 Å². The Kier molecular flexibility index (Phi) is 4.18. The van der Waals surface area contributed by atoms with Crippen molar-refractivity contribution in [3.63, 3.8) is 0 Å². The van der Waals surface area contributed by atoms with E-state index >= 15 is 0 Å². The molecule has 2 aromatic rings. The Hall–Kier alpha value is -2.24. The Morgan fingerprint density at radius 3 is 2.86 bits per heavy atom. The van der Waals surface area contributed by atoms with Gasteiger partial charge in [0.15, 0.2) is 0 Å². The summed E-state index contributed by atoms with van der Waals surface area (Å²) in [4.78, 5) is 27.0. The van der Waals surface area contributed by atoms with E-state index in [1.165, 1.54) is 6.20 Å². The van der Waals surface area contributed by atoms with Gasteiger partial charge in [-0.3, -0.25) is 9.78 Å². The Morgan fingerprint density at radius 2 is 2.14 bits per heavy atom. The van der Waals surface area contributed by atoms with Crippen molar-refractivity contribution < 1.29 is 4.79 Å². The molecule has 1 atom stereocenters. The summed E-state index contributed by atoms with van der Waals surface area (Å²) in [5, 5.41) is 0. The Bertz CT molecular complexity index is 637. The third-order valence-corrected chi connectivity index (χ3v) is 4.11. The van der Waals surface area contributed by atoms with E-state index in [9.17, 15) is 4.79 Å². The van der Waals surface area contributed by atoms with Gasteiger partial charge in [0, 0.05) is 49.8 Å². The summed E-state index contributed by atoms with van der Waals surface area (Å²) < 4.78 is 2.20. The molecule has 0 N–H and O–H groups in total. The minimum absolute atomic E-state index is 0.0412. The molecule has 0 radical (unpaired) electrons. The highest BCUT2D eigenvalue weighted by atomic mass is 16.2. The second kappa shape index (κ2) is 6.25. The first-order valence-corrected chi connectivity index (χ1v) is 7.75. The molecule has 1 fully saturated rings. The summed E-state index contributed by atoms with van der Waals surface area (Å²) in [5.74, 6) is 1.32. The zero-order chi connectivity index (χ0) is 15.5. The van der Waals surface area contributed by atoms with Crippen LogP contribution in [0.25, 0.3) is 0 Å². The van der Waals surface area contributed by atoms with Crippen LogP contribution in [-0.4, -0.2) is 43.4 Å². The lowest BCUT2D eigenvalue weighted by Gasteiger charge is -2.32. The number of imidazole rings is 1. The lowest BCUT2D eigenvalue weighted by atomic mass is 9.96. The molecule has 0 bridgehead atoms. The highest BCUT2D eigenvalue weighted by molar-refractivity contribution is 5.92. The molecule has 0 aliphatic carbocycles. The second-order valence-corrected chi connectivity index (χ2v) is 5.97. The first-order valence-electron chi connectivity index (χ1n) is 7.75. The van der Waals surface area contributed by atoms with E-state index in [2.05, 4.69) is 33.4 Å². The van der Waals surface area contributed by atoms with Gasteiger partial charge < -0.3 is 9.47 Å². The molecule has 0 saturated carbocycles. The molecule has 22 heavy (non-hydrogen) atoms. The van der Waals surface area contributed by atoms with Gasteiger partial charge in [-0.25, -0.2) is 9.97 Å². The topological polar surface area (TPSA) is 63.9 Å². The van der Waals surface area contributed by atoms with Crippen LogP contribution in [0.5, 0.6) is 0 Å². The zero-order valence-electron chi connectivity index (χ0n) is 13.0. The number of carbonyl (C=O) groups is 1. The van der Waals surface area contributed by atoms with Crippen molar-refractivity contribution in [1.29, 1.82) is 0 Å². The monoisotopic (exact) mass is 299 g/mol.